The third-order valence-corrected chi connectivity index (χ3v) is 5.88. The van der Waals surface area contributed by atoms with E-state index in [1.165, 1.54) is 25.2 Å². The number of hydrogen-bond donors (Lipinski definition) is 2. The lowest BCUT2D eigenvalue weighted by molar-refractivity contribution is 0.0731. The molecule has 0 saturated heterocycles. The maximum atomic E-state index is 12.8. The highest BCUT2D eigenvalue weighted by atomic mass is 35.5. The van der Waals surface area contributed by atoms with Gasteiger partial charge in [0.15, 0.2) is 0 Å². The molecule has 1 aliphatic rings. The fourth-order valence-electron chi connectivity index (χ4n) is 2.63. The Hall–Kier alpha value is -2.23. The first kappa shape index (κ1) is 17.6. The molecule has 0 unspecified atom stereocenters. The molecule has 0 fully saturated rings. The zero-order valence-electron chi connectivity index (χ0n) is 13.4. The summed E-state index contributed by atoms with van der Waals surface area (Å²) < 4.78 is 26.2. The number of nitrogens with one attached hydrogen (secondary N) is 1. The zero-order chi connectivity index (χ0) is 18.2. The van der Waals surface area contributed by atoms with Crippen molar-refractivity contribution in [3.63, 3.8) is 0 Å². The molecule has 0 spiro atoms. The molecule has 3 N–H and O–H groups in total. The van der Waals surface area contributed by atoms with Crippen LogP contribution in [0.2, 0.25) is 5.02 Å². The second kappa shape index (κ2) is 6.58. The van der Waals surface area contributed by atoms with Crippen LogP contribution in [0.5, 0.6) is 0 Å². The highest BCUT2D eigenvalue weighted by Crippen LogP contribution is 2.25. The van der Waals surface area contributed by atoms with E-state index in [2.05, 4.69) is 14.7 Å². The third kappa shape index (κ3) is 3.44. The van der Waals surface area contributed by atoms with Crippen LogP contribution in [0.15, 0.2) is 29.3 Å². The van der Waals surface area contributed by atoms with Gasteiger partial charge in [0.05, 0.1) is 17.3 Å². The molecule has 0 atom stereocenters. The van der Waals surface area contributed by atoms with Gasteiger partial charge in [-0.05, 0) is 37.2 Å². The van der Waals surface area contributed by atoms with E-state index in [0.717, 1.165) is 5.56 Å². The van der Waals surface area contributed by atoms with Gasteiger partial charge in [0, 0.05) is 18.3 Å². The van der Waals surface area contributed by atoms with Crippen LogP contribution in [0.25, 0.3) is 0 Å². The minimum Gasteiger partial charge on any atom is -0.368 e. The number of nitrogens with zero attached hydrogens (tertiary/aromatic N) is 3. The molecule has 0 saturated carbocycles. The standard InChI is InChI=1S/C15H16ClN5O3S/c1-18-25(23,24)13-6-9(2-3-11(13)16)14(22)21-5-4-10-7-19-15(17)20-12(10)8-21/h2-3,6-7,18H,4-5,8H2,1H3,(H2,17,19,20). The van der Waals surface area contributed by atoms with E-state index in [9.17, 15) is 13.2 Å². The molecular formula is C15H16ClN5O3S. The number of hydrogen-bond acceptors (Lipinski definition) is 6. The number of rotatable bonds is 3. The fraction of sp³-hybridized carbons (Fsp3) is 0.267. The molecule has 1 amide bonds. The van der Waals surface area contributed by atoms with E-state index in [-0.39, 0.29) is 33.9 Å². The van der Waals surface area contributed by atoms with E-state index >= 15 is 0 Å². The predicted octanol–water partition coefficient (Wildman–Crippen LogP) is 0.819. The molecule has 2 heterocycles. The maximum Gasteiger partial charge on any atom is 0.254 e. The van der Waals surface area contributed by atoms with Crippen LogP contribution in [0.1, 0.15) is 21.6 Å². The summed E-state index contributed by atoms with van der Waals surface area (Å²) in [5, 5.41) is 0.0513. The van der Waals surface area contributed by atoms with Crippen molar-refractivity contribution >= 4 is 33.5 Å². The van der Waals surface area contributed by atoms with Gasteiger partial charge < -0.3 is 10.6 Å². The lowest BCUT2D eigenvalue weighted by atomic mass is 10.1. The van der Waals surface area contributed by atoms with E-state index in [0.29, 0.717) is 18.7 Å². The molecule has 10 heteroatoms. The first-order chi connectivity index (χ1) is 11.8. The molecule has 1 aliphatic heterocycles. The van der Waals surface area contributed by atoms with E-state index in [1.54, 1.807) is 11.1 Å². The molecule has 25 heavy (non-hydrogen) atoms. The smallest absolute Gasteiger partial charge is 0.254 e. The van der Waals surface area contributed by atoms with Gasteiger partial charge in [-0.1, -0.05) is 11.6 Å². The molecule has 132 valence electrons. The van der Waals surface area contributed by atoms with Crippen LogP contribution in [0.3, 0.4) is 0 Å². The Labute approximate surface area is 150 Å². The molecule has 0 aliphatic carbocycles. The Kier molecular flexibility index (Phi) is 4.63. The van der Waals surface area contributed by atoms with Crippen LogP contribution >= 0.6 is 11.6 Å². The number of nitrogens with two attached hydrogens (primary N) is 1. The van der Waals surface area contributed by atoms with Crippen LogP contribution in [-0.2, 0) is 23.0 Å². The second-order valence-corrected chi connectivity index (χ2v) is 7.79. The highest BCUT2D eigenvalue weighted by Gasteiger charge is 2.25. The van der Waals surface area contributed by atoms with Crippen molar-refractivity contribution in [3.05, 3.63) is 46.2 Å². The van der Waals surface area contributed by atoms with Crippen molar-refractivity contribution in [3.8, 4) is 0 Å². The molecule has 1 aromatic carbocycles. The highest BCUT2D eigenvalue weighted by molar-refractivity contribution is 7.89. The summed E-state index contributed by atoms with van der Waals surface area (Å²) in [6.45, 7) is 0.771. The topological polar surface area (TPSA) is 118 Å². The number of halogens is 1. The maximum absolute atomic E-state index is 12.8. The summed E-state index contributed by atoms with van der Waals surface area (Å²) in [6.07, 6.45) is 2.27. The number of benzene rings is 1. The van der Waals surface area contributed by atoms with Crippen LogP contribution in [0, 0.1) is 0 Å². The van der Waals surface area contributed by atoms with Crippen LogP contribution < -0.4 is 10.5 Å². The molecule has 0 bridgehead atoms. The lowest BCUT2D eigenvalue weighted by Crippen LogP contribution is -2.36. The first-order valence-electron chi connectivity index (χ1n) is 7.44. The van der Waals surface area contributed by atoms with Gasteiger partial charge in [0.1, 0.15) is 4.90 Å². The minimum atomic E-state index is -3.76. The van der Waals surface area contributed by atoms with Gasteiger partial charge >= 0.3 is 0 Å². The van der Waals surface area contributed by atoms with Crippen molar-refractivity contribution in [2.45, 2.75) is 17.9 Å². The monoisotopic (exact) mass is 381 g/mol. The van der Waals surface area contributed by atoms with E-state index in [4.69, 9.17) is 17.3 Å². The average molecular weight is 382 g/mol. The molecule has 1 aromatic heterocycles. The molecule has 8 nitrogen and oxygen atoms in total. The van der Waals surface area contributed by atoms with Crippen molar-refractivity contribution in [1.29, 1.82) is 0 Å². The quantitative estimate of drug-likeness (QED) is 0.812. The number of carbonyl (C=O) groups excluding carboxylic acids is 1. The van der Waals surface area contributed by atoms with E-state index < -0.39 is 10.0 Å². The molecule has 0 radical (unpaired) electrons. The minimum absolute atomic E-state index is 0.0513. The Morgan fingerprint density at radius 1 is 1.40 bits per heavy atom. The van der Waals surface area contributed by atoms with E-state index in [1.807, 2.05) is 0 Å². The molecular weight excluding hydrogens is 366 g/mol. The predicted molar refractivity (Wildman–Crippen MR) is 92.6 cm³/mol. The fourth-order valence-corrected chi connectivity index (χ4v) is 3.88. The number of fused-ring (bicyclic) bond motifs is 1. The van der Waals surface area contributed by atoms with Gasteiger partial charge in [-0.2, -0.15) is 0 Å². The number of carbonyl (C=O) groups is 1. The largest absolute Gasteiger partial charge is 0.368 e. The lowest BCUT2D eigenvalue weighted by Gasteiger charge is -2.28. The number of anilines is 1. The Morgan fingerprint density at radius 3 is 2.88 bits per heavy atom. The van der Waals surface area contributed by atoms with Crippen LogP contribution in [-0.4, -0.2) is 42.8 Å². The van der Waals surface area contributed by atoms with Crippen molar-refractivity contribution in [2.75, 3.05) is 19.3 Å². The Balaban J connectivity index is 1.91. The third-order valence-electron chi connectivity index (χ3n) is 3.99. The number of aromatic nitrogens is 2. The van der Waals surface area contributed by atoms with Crippen molar-refractivity contribution < 1.29 is 13.2 Å². The van der Waals surface area contributed by atoms with Crippen molar-refractivity contribution in [1.82, 2.24) is 19.6 Å². The van der Waals surface area contributed by atoms with Gasteiger partial charge in [-0.15, -0.1) is 0 Å². The summed E-state index contributed by atoms with van der Waals surface area (Å²) >= 11 is 5.96. The Bertz CT molecular complexity index is 948. The summed E-state index contributed by atoms with van der Waals surface area (Å²) in [7, 11) is -2.48. The van der Waals surface area contributed by atoms with Gasteiger partial charge in [-0.3, -0.25) is 4.79 Å². The molecule has 2 aromatic rings. The zero-order valence-corrected chi connectivity index (χ0v) is 14.9. The van der Waals surface area contributed by atoms with Crippen molar-refractivity contribution in [2.24, 2.45) is 0 Å². The number of nitrogen functional groups attached to an aromatic ring is 1. The summed E-state index contributed by atoms with van der Waals surface area (Å²) in [5.41, 5.74) is 7.49. The summed E-state index contributed by atoms with van der Waals surface area (Å²) in [4.78, 5) is 22.3. The normalized spacial score (nSPS) is 14.2. The summed E-state index contributed by atoms with van der Waals surface area (Å²) in [6, 6.07) is 4.18. The van der Waals surface area contributed by atoms with Gasteiger partial charge in [0.2, 0.25) is 16.0 Å². The molecule has 3 rings (SSSR count). The SMILES string of the molecule is CNS(=O)(=O)c1cc(C(=O)N2CCc3cnc(N)nc3C2)ccc1Cl. The first-order valence-corrected chi connectivity index (χ1v) is 9.30. The van der Waals surface area contributed by atoms with Gasteiger partial charge in [-0.25, -0.2) is 23.1 Å². The second-order valence-electron chi connectivity index (χ2n) is 5.53. The average Bonchev–Trinajstić information content (AvgIpc) is 2.60. The summed E-state index contributed by atoms with van der Waals surface area (Å²) in [5.74, 6) is -0.144. The number of amides is 1. The number of sulfonamides is 1. The van der Waals surface area contributed by atoms with Gasteiger partial charge in [0.25, 0.3) is 5.91 Å². The van der Waals surface area contributed by atoms with Crippen LogP contribution in [0.4, 0.5) is 5.95 Å². The Morgan fingerprint density at radius 2 is 2.16 bits per heavy atom.